The molecule has 0 fully saturated rings. The smallest absolute Gasteiger partial charge is 0.0488 e. The van der Waals surface area contributed by atoms with Gasteiger partial charge in [-0.1, -0.05) is 24.3 Å². The van der Waals surface area contributed by atoms with Crippen LogP contribution in [-0.4, -0.2) is 0 Å². The van der Waals surface area contributed by atoms with Gasteiger partial charge in [-0.3, -0.25) is 0 Å². The molecule has 0 spiro atoms. The number of rotatable bonds is 3. The van der Waals surface area contributed by atoms with E-state index in [9.17, 15) is 0 Å². The topological polar surface area (TPSA) is 12.0 Å². The maximum atomic E-state index is 3.59. The zero-order valence-electron chi connectivity index (χ0n) is 11.2. The van der Waals surface area contributed by atoms with Gasteiger partial charge >= 0.3 is 0 Å². The summed E-state index contributed by atoms with van der Waals surface area (Å²) < 4.78 is 1.34. The summed E-state index contributed by atoms with van der Waals surface area (Å²) in [6.07, 6.45) is 0. The van der Waals surface area contributed by atoms with Crippen molar-refractivity contribution in [3.05, 3.63) is 65.0 Å². The van der Waals surface area contributed by atoms with E-state index in [0.717, 1.165) is 0 Å². The van der Waals surface area contributed by atoms with Gasteiger partial charge in [-0.15, -0.1) is 11.3 Å². The Morgan fingerprint density at radius 3 is 2.74 bits per heavy atom. The fourth-order valence-electron chi connectivity index (χ4n) is 2.46. The second-order valence-corrected chi connectivity index (χ2v) is 5.84. The minimum absolute atomic E-state index is 0.317. The number of nitrogens with one attached hydrogen (secondary N) is 1. The van der Waals surface area contributed by atoms with Crippen molar-refractivity contribution in [3.63, 3.8) is 0 Å². The van der Waals surface area contributed by atoms with E-state index in [1.165, 1.54) is 26.9 Å². The first kappa shape index (κ1) is 12.2. The summed E-state index contributed by atoms with van der Waals surface area (Å²) in [5, 5.41) is 7.04. The second kappa shape index (κ2) is 5.06. The van der Waals surface area contributed by atoms with E-state index in [1.54, 1.807) is 11.3 Å². The van der Waals surface area contributed by atoms with Crippen LogP contribution in [0.5, 0.6) is 0 Å². The highest BCUT2D eigenvalue weighted by molar-refractivity contribution is 7.17. The van der Waals surface area contributed by atoms with Crippen molar-refractivity contribution in [1.29, 1.82) is 0 Å². The molecule has 0 aliphatic heterocycles. The highest BCUT2D eigenvalue weighted by Crippen LogP contribution is 2.27. The third-order valence-electron chi connectivity index (χ3n) is 3.49. The van der Waals surface area contributed by atoms with Gasteiger partial charge in [-0.2, -0.15) is 0 Å². The van der Waals surface area contributed by atoms with Crippen LogP contribution in [0.3, 0.4) is 0 Å². The molecule has 0 aliphatic carbocycles. The van der Waals surface area contributed by atoms with Crippen LogP contribution in [0.25, 0.3) is 10.1 Å². The first-order valence-corrected chi connectivity index (χ1v) is 7.41. The van der Waals surface area contributed by atoms with Crippen LogP contribution in [0.15, 0.2) is 53.9 Å². The van der Waals surface area contributed by atoms with Gasteiger partial charge in [-0.05, 0) is 60.0 Å². The van der Waals surface area contributed by atoms with Crippen molar-refractivity contribution in [2.75, 3.05) is 5.32 Å². The Labute approximate surface area is 117 Å². The van der Waals surface area contributed by atoms with Crippen LogP contribution < -0.4 is 5.32 Å². The van der Waals surface area contributed by atoms with Gasteiger partial charge in [0, 0.05) is 16.4 Å². The Kier molecular flexibility index (Phi) is 3.26. The Balaban J connectivity index is 1.86. The third kappa shape index (κ3) is 2.49. The molecule has 0 amide bonds. The van der Waals surface area contributed by atoms with Gasteiger partial charge < -0.3 is 5.32 Å². The molecule has 1 aromatic heterocycles. The molecule has 0 radical (unpaired) electrons. The fraction of sp³-hybridized carbons (Fsp3) is 0.176. The SMILES string of the molecule is Cc1ccccc1C(C)Nc1ccc2sccc2c1. The van der Waals surface area contributed by atoms with Gasteiger partial charge in [-0.25, -0.2) is 0 Å². The molecule has 2 heteroatoms. The summed E-state index contributed by atoms with van der Waals surface area (Å²) >= 11 is 1.79. The summed E-state index contributed by atoms with van der Waals surface area (Å²) in [4.78, 5) is 0. The lowest BCUT2D eigenvalue weighted by Gasteiger charge is -2.17. The number of fused-ring (bicyclic) bond motifs is 1. The summed E-state index contributed by atoms with van der Waals surface area (Å²) in [6, 6.07) is 17.6. The van der Waals surface area contributed by atoms with Gasteiger partial charge in [0.05, 0.1) is 0 Å². The van der Waals surface area contributed by atoms with Gasteiger partial charge in [0.2, 0.25) is 0 Å². The van der Waals surface area contributed by atoms with Gasteiger partial charge in [0.25, 0.3) is 0 Å². The average Bonchev–Trinajstić information content (AvgIpc) is 2.86. The molecule has 0 bridgehead atoms. The maximum Gasteiger partial charge on any atom is 0.0488 e. The highest BCUT2D eigenvalue weighted by Gasteiger charge is 2.07. The molecular weight excluding hydrogens is 250 g/mol. The average molecular weight is 267 g/mol. The van der Waals surface area contributed by atoms with Crippen LogP contribution in [-0.2, 0) is 0 Å². The fourth-order valence-corrected chi connectivity index (χ4v) is 3.23. The summed E-state index contributed by atoms with van der Waals surface area (Å²) in [5.41, 5.74) is 3.87. The molecule has 0 saturated heterocycles. The van der Waals surface area contributed by atoms with Crippen LogP contribution >= 0.6 is 11.3 Å². The highest BCUT2D eigenvalue weighted by atomic mass is 32.1. The van der Waals surface area contributed by atoms with Crippen LogP contribution in [0.2, 0.25) is 0 Å². The molecule has 1 atom stereocenters. The number of aryl methyl sites for hydroxylation is 1. The largest absolute Gasteiger partial charge is 0.378 e. The molecule has 1 heterocycles. The normalized spacial score (nSPS) is 12.5. The standard InChI is InChI=1S/C17H17NS/c1-12-5-3-4-6-16(12)13(2)18-15-7-8-17-14(11-15)9-10-19-17/h3-11,13,18H,1-2H3. The Hall–Kier alpha value is -1.80. The zero-order chi connectivity index (χ0) is 13.2. The lowest BCUT2D eigenvalue weighted by atomic mass is 10.0. The monoisotopic (exact) mass is 267 g/mol. The molecule has 1 N–H and O–H groups in total. The third-order valence-corrected chi connectivity index (χ3v) is 4.39. The molecular formula is C17H17NS. The molecule has 2 aromatic carbocycles. The van der Waals surface area contributed by atoms with Crippen molar-refractivity contribution in [3.8, 4) is 0 Å². The number of anilines is 1. The zero-order valence-corrected chi connectivity index (χ0v) is 12.0. The minimum atomic E-state index is 0.317. The van der Waals surface area contributed by atoms with E-state index in [1.807, 2.05) is 0 Å². The van der Waals surface area contributed by atoms with Crippen LogP contribution in [0, 0.1) is 6.92 Å². The minimum Gasteiger partial charge on any atom is -0.378 e. The molecule has 1 nitrogen and oxygen atoms in total. The molecule has 96 valence electrons. The van der Waals surface area contributed by atoms with E-state index >= 15 is 0 Å². The van der Waals surface area contributed by atoms with Gasteiger partial charge in [0.15, 0.2) is 0 Å². The van der Waals surface area contributed by atoms with Crippen molar-refractivity contribution >= 4 is 27.1 Å². The molecule has 0 aliphatic rings. The lowest BCUT2D eigenvalue weighted by molar-refractivity contribution is 0.875. The number of hydrogen-bond acceptors (Lipinski definition) is 2. The summed E-state index contributed by atoms with van der Waals surface area (Å²) in [5.74, 6) is 0. The quantitative estimate of drug-likeness (QED) is 0.671. The van der Waals surface area contributed by atoms with Crippen molar-refractivity contribution in [2.24, 2.45) is 0 Å². The van der Waals surface area contributed by atoms with E-state index in [-0.39, 0.29) is 0 Å². The van der Waals surface area contributed by atoms with E-state index < -0.39 is 0 Å². The van der Waals surface area contributed by atoms with Crippen molar-refractivity contribution in [2.45, 2.75) is 19.9 Å². The Morgan fingerprint density at radius 1 is 1.05 bits per heavy atom. The molecule has 0 saturated carbocycles. The second-order valence-electron chi connectivity index (χ2n) is 4.90. The number of benzene rings is 2. The van der Waals surface area contributed by atoms with Crippen LogP contribution in [0.1, 0.15) is 24.1 Å². The summed E-state index contributed by atoms with van der Waals surface area (Å²) in [6.45, 7) is 4.37. The Bertz CT molecular complexity index is 699. The molecule has 1 unspecified atom stereocenters. The van der Waals surface area contributed by atoms with Crippen LogP contribution in [0.4, 0.5) is 5.69 Å². The van der Waals surface area contributed by atoms with E-state index in [4.69, 9.17) is 0 Å². The summed E-state index contributed by atoms with van der Waals surface area (Å²) in [7, 11) is 0. The number of thiophene rings is 1. The van der Waals surface area contributed by atoms with E-state index in [0.29, 0.717) is 6.04 Å². The lowest BCUT2D eigenvalue weighted by Crippen LogP contribution is -2.07. The maximum absolute atomic E-state index is 3.59. The predicted octanol–water partition coefficient (Wildman–Crippen LogP) is 5.38. The van der Waals surface area contributed by atoms with E-state index in [2.05, 4.69) is 73.1 Å². The predicted molar refractivity (Wildman–Crippen MR) is 85.0 cm³/mol. The Morgan fingerprint density at radius 2 is 1.89 bits per heavy atom. The molecule has 3 aromatic rings. The number of hydrogen-bond donors (Lipinski definition) is 1. The van der Waals surface area contributed by atoms with Crippen molar-refractivity contribution in [1.82, 2.24) is 0 Å². The molecule has 3 rings (SSSR count). The molecule has 19 heavy (non-hydrogen) atoms. The first-order chi connectivity index (χ1) is 9.24. The first-order valence-electron chi connectivity index (χ1n) is 6.53. The van der Waals surface area contributed by atoms with Gasteiger partial charge in [0.1, 0.15) is 0 Å². The van der Waals surface area contributed by atoms with Crippen molar-refractivity contribution < 1.29 is 0 Å².